The van der Waals surface area contributed by atoms with E-state index < -0.39 is 27.9 Å². The summed E-state index contributed by atoms with van der Waals surface area (Å²) in [6.45, 7) is 6.80. The maximum absolute atomic E-state index is 13.2. The number of nitrogens with two attached hydrogens (primary N) is 1. The number of imide groups is 1. The average Bonchev–Trinajstić information content (AvgIpc) is 3.25. The van der Waals surface area contributed by atoms with Crippen LogP contribution in [-0.2, 0) is 23.0 Å². The van der Waals surface area contributed by atoms with Crippen LogP contribution in [0.3, 0.4) is 0 Å². The number of amides is 4. The monoisotopic (exact) mass is 547 g/mol. The fraction of sp³-hybridized carbons (Fsp3) is 0.480. The number of fused-ring (bicyclic) bond motifs is 1. The lowest BCUT2D eigenvalue weighted by atomic mass is 10.0. The molecule has 4 rings (SSSR count). The van der Waals surface area contributed by atoms with Gasteiger partial charge in [-0.05, 0) is 62.1 Å². The van der Waals surface area contributed by atoms with Gasteiger partial charge in [0.25, 0.3) is 11.8 Å². The molecule has 1 aromatic carbocycles. The van der Waals surface area contributed by atoms with E-state index in [1.54, 1.807) is 4.31 Å². The summed E-state index contributed by atoms with van der Waals surface area (Å²) in [5.41, 5.74) is 6.47. The number of carbonyl (C=O) groups excluding carboxylic acids is 3. The first-order valence-corrected chi connectivity index (χ1v) is 14.8. The highest BCUT2D eigenvalue weighted by Gasteiger charge is 2.33. The van der Waals surface area contributed by atoms with Gasteiger partial charge in [-0.15, -0.1) is 11.3 Å². The van der Waals surface area contributed by atoms with Gasteiger partial charge in [-0.25, -0.2) is 13.2 Å². The van der Waals surface area contributed by atoms with Crippen LogP contribution in [-0.4, -0.2) is 61.1 Å². The molecule has 0 bridgehead atoms. The molecule has 200 valence electrons. The molecule has 0 radical (unpaired) electrons. The zero-order valence-electron chi connectivity index (χ0n) is 21.1. The number of thiophene rings is 1. The number of piperidine rings is 1. The van der Waals surface area contributed by atoms with Gasteiger partial charge in [0.15, 0.2) is 0 Å². The molecule has 37 heavy (non-hydrogen) atoms. The molecule has 1 unspecified atom stereocenters. The topological polar surface area (TPSA) is 142 Å². The fourth-order valence-corrected chi connectivity index (χ4v) is 8.07. The lowest BCUT2D eigenvalue weighted by Crippen LogP contribution is -2.43. The Kier molecular flexibility index (Phi) is 8.32. The van der Waals surface area contributed by atoms with Gasteiger partial charge < -0.3 is 11.1 Å². The number of carbonyl (C=O) groups is 3. The number of sulfonamides is 1. The highest BCUT2D eigenvalue weighted by Crippen LogP contribution is 2.37. The Morgan fingerprint density at radius 3 is 2.46 bits per heavy atom. The third kappa shape index (κ3) is 5.71. The van der Waals surface area contributed by atoms with Gasteiger partial charge in [0.2, 0.25) is 10.0 Å². The summed E-state index contributed by atoms with van der Waals surface area (Å²) in [4.78, 5) is 40.6. The molecule has 3 heterocycles. The molecule has 2 aromatic rings. The minimum Gasteiger partial charge on any atom is -0.351 e. The molecule has 0 aliphatic carbocycles. The zero-order chi connectivity index (χ0) is 26.7. The first-order valence-electron chi connectivity index (χ1n) is 12.6. The van der Waals surface area contributed by atoms with Crippen molar-refractivity contribution in [2.24, 2.45) is 5.73 Å². The van der Waals surface area contributed by atoms with Crippen LogP contribution in [0.15, 0.2) is 29.2 Å². The Morgan fingerprint density at radius 2 is 1.81 bits per heavy atom. The van der Waals surface area contributed by atoms with Gasteiger partial charge in [-0.2, -0.15) is 4.31 Å². The van der Waals surface area contributed by atoms with Crippen molar-refractivity contribution in [2.75, 3.05) is 25.0 Å². The predicted octanol–water partition coefficient (Wildman–Crippen LogP) is 3.14. The van der Waals surface area contributed by atoms with Gasteiger partial charge >= 0.3 is 6.03 Å². The maximum atomic E-state index is 13.2. The van der Waals surface area contributed by atoms with E-state index in [1.165, 1.54) is 35.6 Å². The molecule has 1 saturated heterocycles. The van der Waals surface area contributed by atoms with Crippen molar-refractivity contribution in [3.8, 4) is 0 Å². The molecular formula is C25H33N5O5S2. The van der Waals surface area contributed by atoms with Crippen LogP contribution in [0.2, 0.25) is 0 Å². The number of nitrogens with zero attached hydrogens (tertiary/aromatic N) is 2. The van der Waals surface area contributed by atoms with Crippen LogP contribution in [0.4, 0.5) is 9.80 Å². The first kappa shape index (κ1) is 27.2. The lowest BCUT2D eigenvalue weighted by molar-refractivity contribution is 0.0965. The van der Waals surface area contributed by atoms with Crippen molar-refractivity contribution in [2.45, 2.75) is 63.4 Å². The van der Waals surface area contributed by atoms with Gasteiger partial charge in [0, 0.05) is 36.1 Å². The summed E-state index contributed by atoms with van der Waals surface area (Å²) < 4.78 is 28.1. The van der Waals surface area contributed by atoms with Crippen LogP contribution < -0.4 is 16.4 Å². The summed E-state index contributed by atoms with van der Waals surface area (Å²) in [6.07, 6.45) is 4.07. The highest BCUT2D eigenvalue weighted by molar-refractivity contribution is 7.89. The Balaban J connectivity index is 1.57. The molecule has 4 N–H and O–H groups in total. The van der Waals surface area contributed by atoms with Crippen molar-refractivity contribution in [3.63, 3.8) is 0 Å². The number of anilines is 1. The van der Waals surface area contributed by atoms with Crippen molar-refractivity contribution in [3.05, 3.63) is 45.8 Å². The van der Waals surface area contributed by atoms with Crippen LogP contribution in [0.25, 0.3) is 0 Å². The van der Waals surface area contributed by atoms with Crippen molar-refractivity contribution in [1.82, 2.24) is 14.5 Å². The molecule has 1 atom stereocenters. The van der Waals surface area contributed by atoms with Crippen LogP contribution in [0.1, 0.15) is 70.7 Å². The third-order valence-corrected chi connectivity index (χ3v) is 10.1. The van der Waals surface area contributed by atoms with Gasteiger partial charge in [0.05, 0.1) is 10.5 Å². The smallest absolute Gasteiger partial charge is 0.319 e. The van der Waals surface area contributed by atoms with Crippen molar-refractivity contribution in [1.29, 1.82) is 0 Å². The lowest BCUT2D eigenvalue weighted by Gasteiger charge is -2.34. The van der Waals surface area contributed by atoms with E-state index >= 15 is 0 Å². The van der Waals surface area contributed by atoms with Gasteiger partial charge in [-0.3, -0.25) is 19.8 Å². The minimum absolute atomic E-state index is 0.0137. The van der Waals surface area contributed by atoms with Crippen molar-refractivity contribution < 1.29 is 22.8 Å². The summed E-state index contributed by atoms with van der Waals surface area (Å²) >= 11 is 1.30. The Labute approximate surface area is 221 Å². The second-order valence-corrected chi connectivity index (χ2v) is 12.3. The second-order valence-electron chi connectivity index (χ2n) is 9.30. The number of rotatable bonds is 7. The molecule has 1 fully saturated rings. The predicted molar refractivity (Wildman–Crippen MR) is 142 cm³/mol. The summed E-state index contributed by atoms with van der Waals surface area (Å²) in [5, 5.41) is 5.24. The molecule has 0 spiro atoms. The first-order chi connectivity index (χ1) is 17.6. The Bertz CT molecular complexity index is 1290. The van der Waals surface area contributed by atoms with E-state index in [4.69, 9.17) is 5.73 Å². The van der Waals surface area contributed by atoms with E-state index in [1.807, 2.05) is 6.92 Å². The molecule has 4 amide bonds. The quantitative estimate of drug-likeness (QED) is 0.486. The SMILES string of the molecule is CCC1CCCCN1S(=O)(=O)c1ccc(C(=O)Nc2sc3c(c2C(=O)NC(N)=O)CCN(CC)C3)cc1. The molecule has 1 aromatic heterocycles. The Hall–Kier alpha value is -2.80. The van der Waals surface area contributed by atoms with Crippen LogP contribution >= 0.6 is 11.3 Å². The van der Waals surface area contributed by atoms with E-state index in [9.17, 15) is 22.8 Å². The van der Waals surface area contributed by atoms with E-state index in [2.05, 4.69) is 22.5 Å². The highest BCUT2D eigenvalue weighted by atomic mass is 32.2. The maximum Gasteiger partial charge on any atom is 0.319 e. The molecular weight excluding hydrogens is 514 g/mol. The van der Waals surface area contributed by atoms with Crippen LogP contribution in [0.5, 0.6) is 0 Å². The summed E-state index contributed by atoms with van der Waals surface area (Å²) in [6, 6.07) is 4.87. The zero-order valence-corrected chi connectivity index (χ0v) is 22.7. The number of hydrogen-bond acceptors (Lipinski definition) is 7. The van der Waals surface area contributed by atoms with E-state index in [0.29, 0.717) is 24.5 Å². The number of nitrogens with one attached hydrogen (secondary N) is 2. The molecule has 10 nitrogen and oxygen atoms in total. The third-order valence-electron chi connectivity index (χ3n) is 7.04. The van der Waals surface area contributed by atoms with E-state index in [0.717, 1.165) is 49.2 Å². The molecule has 0 saturated carbocycles. The van der Waals surface area contributed by atoms with E-state index in [-0.39, 0.29) is 22.1 Å². The molecule has 2 aliphatic heterocycles. The summed E-state index contributed by atoms with van der Waals surface area (Å²) in [5.74, 6) is -1.13. The number of hydrogen-bond donors (Lipinski definition) is 3. The standard InChI is InChI=1S/C25H33N5O5S2/c1-3-17-7-5-6-13-30(17)37(34,35)18-10-8-16(9-11-18)22(31)27-24-21(23(32)28-25(26)33)19-12-14-29(4-2)15-20(19)36-24/h8-11,17H,3-7,12-15H2,1-2H3,(H,27,31)(H3,26,28,32,33). The van der Waals surface area contributed by atoms with Crippen molar-refractivity contribution >= 4 is 44.2 Å². The van der Waals surface area contributed by atoms with Gasteiger partial charge in [-0.1, -0.05) is 20.3 Å². The number of urea groups is 1. The number of benzene rings is 1. The Morgan fingerprint density at radius 1 is 1.08 bits per heavy atom. The van der Waals surface area contributed by atoms with Crippen LogP contribution in [0, 0.1) is 0 Å². The average molecular weight is 548 g/mol. The van der Waals surface area contributed by atoms with Gasteiger partial charge in [0.1, 0.15) is 5.00 Å². The number of primary amides is 1. The summed E-state index contributed by atoms with van der Waals surface area (Å²) in [7, 11) is -3.66. The second kappa shape index (κ2) is 11.3. The normalized spacial score (nSPS) is 18.7. The largest absolute Gasteiger partial charge is 0.351 e. The fourth-order valence-electron chi connectivity index (χ4n) is 5.02. The number of likely N-dealkylation sites (N-methyl/N-ethyl adjacent to an activating group) is 1. The molecule has 2 aliphatic rings. The minimum atomic E-state index is -3.66. The molecule has 12 heteroatoms.